The van der Waals surface area contributed by atoms with Crippen LogP contribution in [0, 0.1) is 11.3 Å². The molecule has 0 spiro atoms. The average Bonchev–Trinajstić information content (AvgIpc) is 3.02. The topological polar surface area (TPSA) is 88.4 Å². The van der Waals surface area contributed by atoms with Crippen molar-refractivity contribution >= 4 is 28.2 Å². The predicted octanol–water partition coefficient (Wildman–Crippen LogP) is 2.95. The summed E-state index contributed by atoms with van der Waals surface area (Å²) in [7, 11) is 1.57. The molecule has 0 bridgehead atoms. The van der Waals surface area contributed by atoms with E-state index in [9.17, 15) is 9.59 Å². The Hall–Kier alpha value is -2.69. The third kappa shape index (κ3) is 4.41. The molecule has 6 nitrogen and oxygen atoms in total. The molecule has 0 saturated carbocycles. The number of rotatable bonds is 6. The molecule has 24 heavy (non-hydrogen) atoms. The maximum Gasteiger partial charge on any atom is 0.338 e. The van der Waals surface area contributed by atoms with Gasteiger partial charge in [0, 0.05) is 7.11 Å². The molecule has 0 aliphatic carbocycles. The van der Waals surface area contributed by atoms with E-state index in [1.807, 2.05) is 12.1 Å². The van der Waals surface area contributed by atoms with E-state index in [-0.39, 0.29) is 0 Å². The minimum atomic E-state index is -0.989. The minimum Gasteiger partial charge on any atom is -0.449 e. The summed E-state index contributed by atoms with van der Waals surface area (Å²) in [6.45, 7) is 1.86. The fourth-order valence-electron chi connectivity index (χ4n) is 1.94. The Morgan fingerprint density at radius 2 is 2.17 bits per heavy atom. The first-order valence-corrected chi connectivity index (χ1v) is 8.00. The molecule has 1 amide bonds. The lowest BCUT2D eigenvalue weighted by atomic mass is 10.1. The highest BCUT2D eigenvalue weighted by Crippen LogP contribution is 2.22. The minimum absolute atomic E-state index is 0.345. The molecular formula is C17H16N2O4S. The zero-order valence-electron chi connectivity index (χ0n) is 13.2. The fourth-order valence-corrected chi connectivity index (χ4v) is 2.68. The molecule has 1 heterocycles. The van der Waals surface area contributed by atoms with E-state index in [1.54, 1.807) is 36.8 Å². The third-order valence-corrected chi connectivity index (χ3v) is 3.98. The Morgan fingerprint density at radius 1 is 1.38 bits per heavy atom. The van der Waals surface area contributed by atoms with Crippen LogP contribution in [0.1, 0.15) is 28.4 Å². The van der Waals surface area contributed by atoms with Crippen LogP contribution in [0.25, 0.3) is 0 Å². The van der Waals surface area contributed by atoms with E-state index in [1.165, 1.54) is 18.3 Å². The number of carbonyl (C=O) groups is 2. The summed E-state index contributed by atoms with van der Waals surface area (Å²) in [6.07, 6.45) is -0.989. The van der Waals surface area contributed by atoms with Gasteiger partial charge in [0.2, 0.25) is 0 Å². The van der Waals surface area contributed by atoms with Gasteiger partial charge in [-0.1, -0.05) is 12.1 Å². The van der Waals surface area contributed by atoms with Gasteiger partial charge in [0.1, 0.15) is 11.1 Å². The molecule has 1 N–H and O–H groups in total. The Morgan fingerprint density at radius 3 is 2.88 bits per heavy atom. The van der Waals surface area contributed by atoms with Crippen molar-refractivity contribution in [3.05, 3.63) is 52.4 Å². The normalized spacial score (nSPS) is 11.4. The van der Waals surface area contributed by atoms with Gasteiger partial charge in [0.15, 0.2) is 6.10 Å². The number of hydrogen-bond donors (Lipinski definition) is 1. The molecule has 7 heteroatoms. The first-order chi connectivity index (χ1) is 11.5. The van der Waals surface area contributed by atoms with E-state index in [2.05, 4.69) is 5.32 Å². The number of amides is 1. The van der Waals surface area contributed by atoms with Crippen molar-refractivity contribution in [1.29, 1.82) is 5.26 Å². The molecule has 1 atom stereocenters. The Bertz CT molecular complexity index is 779. The van der Waals surface area contributed by atoms with E-state index < -0.39 is 18.0 Å². The van der Waals surface area contributed by atoms with Crippen LogP contribution in [0.3, 0.4) is 0 Å². The number of ether oxygens (including phenoxy) is 2. The number of esters is 1. The number of nitriles is 1. The quantitative estimate of drug-likeness (QED) is 0.814. The summed E-state index contributed by atoms with van der Waals surface area (Å²) >= 11 is 1.23. The van der Waals surface area contributed by atoms with Crippen LogP contribution in [0.5, 0.6) is 0 Å². The second-order valence-electron chi connectivity index (χ2n) is 4.95. The third-order valence-electron chi connectivity index (χ3n) is 3.15. The monoisotopic (exact) mass is 344 g/mol. The van der Waals surface area contributed by atoms with Crippen LogP contribution < -0.4 is 5.32 Å². The van der Waals surface area contributed by atoms with Crippen LogP contribution in [0.2, 0.25) is 0 Å². The second kappa shape index (κ2) is 8.24. The fraction of sp³-hybridized carbons (Fsp3) is 0.235. The number of anilines is 1. The Balaban J connectivity index is 1.99. The summed E-state index contributed by atoms with van der Waals surface area (Å²) in [4.78, 5) is 24.3. The smallest absolute Gasteiger partial charge is 0.338 e. The van der Waals surface area contributed by atoms with Crippen molar-refractivity contribution in [1.82, 2.24) is 0 Å². The van der Waals surface area contributed by atoms with Gasteiger partial charge in [0.25, 0.3) is 5.91 Å². The number of carbonyl (C=O) groups excluding carboxylic acids is 2. The summed E-state index contributed by atoms with van der Waals surface area (Å²) < 4.78 is 10.2. The van der Waals surface area contributed by atoms with Gasteiger partial charge < -0.3 is 14.8 Å². The van der Waals surface area contributed by atoms with E-state index >= 15 is 0 Å². The molecule has 2 aromatic rings. The second-order valence-corrected chi connectivity index (χ2v) is 5.86. The predicted molar refractivity (Wildman–Crippen MR) is 89.7 cm³/mol. The molecule has 0 aliphatic rings. The first kappa shape index (κ1) is 17.7. The number of methoxy groups -OCH3 is 1. The van der Waals surface area contributed by atoms with Gasteiger partial charge >= 0.3 is 5.97 Å². The van der Waals surface area contributed by atoms with Crippen LogP contribution in [0.4, 0.5) is 5.00 Å². The van der Waals surface area contributed by atoms with Crippen LogP contribution in [-0.4, -0.2) is 25.1 Å². The molecule has 0 aliphatic heterocycles. The van der Waals surface area contributed by atoms with Gasteiger partial charge in [-0.05, 0) is 36.1 Å². The maximum atomic E-state index is 12.1. The lowest BCUT2D eigenvalue weighted by Gasteiger charge is -2.13. The first-order valence-electron chi connectivity index (χ1n) is 7.12. The van der Waals surface area contributed by atoms with Crippen LogP contribution >= 0.6 is 11.3 Å². The summed E-state index contributed by atoms with van der Waals surface area (Å²) in [5.74, 6) is -1.09. The zero-order chi connectivity index (χ0) is 17.5. The molecule has 1 aromatic carbocycles. The van der Waals surface area contributed by atoms with E-state index in [0.29, 0.717) is 22.7 Å². The lowest BCUT2D eigenvalue weighted by Crippen LogP contribution is -2.30. The average molecular weight is 344 g/mol. The molecule has 2 rings (SSSR count). The van der Waals surface area contributed by atoms with Crippen molar-refractivity contribution in [2.45, 2.75) is 19.6 Å². The molecule has 124 valence electrons. The van der Waals surface area contributed by atoms with E-state index in [0.717, 1.165) is 5.56 Å². The maximum absolute atomic E-state index is 12.1. The highest BCUT2D eigenvalue weighted by molar-refractivity contribution is 7.14. The van der Waals surface area contributed by atoms with Gasteiger partial charge in [-0.25, -0.2) is 4.79 Å². The lowest BCUT2D eigenvalue weighted by molar-refractivity contribution is -0.123. The summed E-state index contributed by atoms with van der Waals surface area (Å²) in [5.41, 5.74) is 1.55. The SMILES string of the molecule is COCc1cccc(C(=O)O[C@@H](C)C(=O)Nc2sccc2C#N)c1. The number of thiophene rings is 1. The Kier molecular flexibility index (Phi) is 6.07. The van der Waals surface area contributed by atoms with Crippen molar-refractivity contribution in [2.24, 2.45) is 0 Å². The van der Waals surface area contributed by atoms with Crippen molar-refractivity contribution in [2.75, 3.05) is 12.4 Å². The van der Waals surface area contributed by atoms with E-state index in [4.69, 9.17) is 14.7 Å². The number of benzene rings is 1. The Labute approximate surface area is 143 Å². The van der Waals surface area contributed by atoms with Crippen LogP contribution in [-0.2, 0) is 20.9 Å². The molecule has 1 aromatic heterocycles. The molecule has 0 unspecified atom stereocenters. The molecule has 0 radical (unpaired) electrons. The largest absolute Gasteiger partial charge is 0.449 e. The van der Waals surface area contributed by atoms with Crippen molar-refractivity contribution < 1.29 is 19.1 Å². The zero-order valence-corrected chi connectivity index (χ0v) is 14.1. The molecule has 0 fully saturated rings. The van der Waals surface area contributed by atoms with Gasteiger partial charge in [-0.2, -0.15) is 5.26 Å². The molecule has 0 saturated heterocycles. The molecular weight excluding hydrogens is 328 g/mol. The summed E-state index contributed by atoms with van der Waals surface area (Å²) in [5, 5.41) is 13.7. The standard InChI is InChI=1S/C17H16N2O4S/c1-11(15(20)19-16-14(9-18)6-7-24-16)23-17(21)13-5-3-4-12(8-13)10-22-2/h3-8,11H,10H2,1-2H3,(H,19,20)/t11-/m0/s1. The highest BCUT2D eigenvalue weighted by Gasteiger charge is 2.20. The van der Waals surface area contributed by atoms with Crippen molar-refractivity contribution in [3.63, 3.8) is 0 Å². The number of nitrogens with one attached hydrogen (secondary N) is 1. The number of nitrogens with zero attached hydrogens (tertiary/aromatic N) is 1. The van der Waals surface area contributed by atoms with Crippen LogP contribution in [0.15, 0.2) is 35.7 Å². The van der Waals surface area contributed by atoms with Gasteiger partial charge in [-0.15, -0.1) is 11.3 Å². The van der Waals surface area contributed by atoms with Crippen molar-refractivity contribution in [3.8, 4) is 6.07 Å². The number of hydrogen-bond acceptors (Lipinski definition) is 6. The highest BCUT2D eigenvalue weighted by atomic mass is 32.1. The summed E-state index contributed by atoms with van der Waals surface area (Å²) in [6, 6.07) is 10.4. The van der Waals surface area contributed by atoms with Gasteiger partial charge in [0.05, 0.1) is 17.7 Å². The van der Waals surface area contributed by atoms with Gasteiger partial charge in [-0.3, -0.25) is 4.79 Å².